The van der Waals surface area contributed by atoms with Gasteiger partial charge in [0.25, 0.3) is 0 Å². The van der Waals surface area contributed by atoms with Gasteiger partial charge in [-0.25, -0.2) is 0 Å². The third kappa shape index (κ3) is 6.09. The van der Waals surface area contributed by atoms with E-state index in [1.165, 1.54) is 12.1 Å². The van der Waals surface area contributed by atoms with Crippen LogP contribution in [0.5, 0.6) is 5.75 Å². The van der Waals surface area contributed by atoms with Crippen molar-refractivity contribution in [3.8, 4) is 5.75 Å². The minimum Gasteiger partial charge on any atom is -0.494 e. The van der Waals surface area contributed by atoms with Crippen LogP contribution in [0, 0.1) is 0 Å². The van der Waals surface area contributed by atoms with Crippen LogP contribution in [0.2, 0.25) is 0 Å². The molecule has 1 N–H and O–H groups in total. The Morgan fingerprint density at radius 2 is 1.90 bits per heavy atom. The first-order chi connectivity index (χ1) is 14.0. The zero-order valence-corrected chi connectivity index (χ0v) is 17.6. The molecule has 1 unspecified atom stereocenters. The standard InChI is InChI=1S/C24H31N3O2/c1-4-17-29-23-12-5-19(6-13-23)7-14-24(28)25-20-8-10-21(11-9-20)27-16-15-22(18-27)26(2)3/h5-14,22H,4,15-18H2,1-3H3,(H,25,28). The fourth-order valence-corrected chi connectivity index (χ4v) is 3.40. The van der Waals surface area contributed by atoms with Gasteiger partial charge in [-0.2, -0.15) is 0 Å². The van der Waals surface area contributed by atoms with Gasteiger partial charge < -0.3 is 19.9 Å². The van der Waals surface area contributed by atoms with Crippen LogP contribution in [-0.2, 0) is 4.79 Å². The highest BCUT2D eigenvalue weighted by atomic mass is 16.5. The maximum Gasteiger partial charge on any atom is 0.248 e. The highest BCUT2D eigenvalue weighted by Crippen LogP contribution is 2.24. The van der Waals surface area contributed by atoms with Crippen LogP contribution in [0.4, 0.5) is 11.4 Å². The minimum atomic E-state index is -0.141. The third-order valence-corrected chi connectivity index (χ3v) is 5.17. The first-order valence-electron chi connectivity index (χ1n) is 10.3. The summed E-state index contributed by atoms with van der Waals surface area (Å²) in [5.41, 5.74) is 2.96. The number of carbonyl (C=O) groups excluding carboxylic acids is 1. The lowest BCUT2D eigenvalue weighted by molar-refractivity contribution is -0.111. The predicted molar refractivity (Wildman–Crippen MR) is 121 cm³/mol. The molecule has 5 heteroatoms. The number of likely N-dealkylation sites (N-methyl/N-ethyl adjacent to an activating group) is 1. The Kier molecular flexibility index (Phi) is 7.30. The van der Waals surface area contributed by atoms with E-state index in [9.17, 15) is 4.79 Å². The van der Waals surface area contributed by atoms with Crippen molar-refractivity contribution in [2.24, 2.45) is 0 Å². The molecule has 1 saturated heterocycles. The molecule has 1 atom stereocenters. The number of nitrogens with one attached hydrogen (secondary N) is 1. The number of rotatable bonds is 8. The maximum atomic E-state index is 12.2. The van der Waals surface area contributed by atoms with Crippen molar-refractivity contribution in [1.29, 1.82) is 0 Å². The summed E-state index contributed by atoms with van der Waals surface area (Å²) in [7, 11) is 4.27. The molecule has 1 heterocycles. The van der Waals surface area contributed by atoms with E-state index in [2.05, 4.69) is 48.3 Å². The van der Waals surface area contributed by atoms with Crippen molar-refractivity contribution in [2.45, 2.75) is 25.8 Å². The molecule has 0 bridgehead atoms. The number of anilines is 2. The highest BCUT2D eigenvalue weighted by molar-refractivity contribution is 6.02. The lowest BCUT2D eigenvalue weighted by atomic mass is 10.2. The molecule has 0 radical (unpaired) electrons. The summed E-state index contributed by atoms with van der Waals surface area (Å²) >= 11 is 0. The molecular weight excluding hydrogens is 362 g/mol. The van der Waals surface area contributed by atoms with E-state index >= 15 is 0 Å². The van der Waals surface area contributed by atoms with Gasteiger partial charge in [0.05, 0.1) is 6.61 Å². The molecular formula is C24H31N3O2. The molecule has 0 saturated carbocycles. The maximum absolute atomic E-state index is 12.2. The number of hydrogen-bond acceptors (Lipinski definition) is 4. The molecule has 5 nitrogen and oxygen atoms in total. The van der Waals surface area contributed by atoms with Crippen molar-refractivity contribution in [2.75, 3.05) is 44.0 Å². The fraction of sp³-hybridized carbons (Fsp3) is 0.375. The second-order valence-corrected chi connectivity index (χ2v) is 7.64. The van der Waals surface area contributed by atoms with Crippen molar-refractivity contribution < 1.29 is 9.53 Å². The number of ether oxygens (including phenoxy) is 1. The average molecular weight is 394 g/mol. The summed E-state index contributed by atoms with van der Waals surface area (Å²) in [4.78, 5) is 16.9. The van der Waals surface area contributed by atoms with Crippen LogP contribution >= 0.6 is 0 Å². The van der Waals surface area contributed by atoms with Gasteiger partial charge in [0, 0.05) is 36.6 Å². The van der Waals surface area contributed by atoms with Gasteiger partial charge in [-0.3, -0.25) is 4.79 Å². The van der Waals surface area contributed by atoms with Crippen LogP contribution in [0.3, 0.4) is 0 Å². The highest BCUT2D eigenvalue weighted by Gasteiger charge is 2.23. The summed E-state index contributed by atoms with van der Waals surface area (Å²) in [6.07, 6.45) is 5.52. The number of hydrogen-bond donors (Lipinski definition) is 1. The van der Waals surface area contributed by atoms with Crippen molar-refractivity contribution in [3.05, 3.63) is 60.2 Å². The van der Waals surface area contributed by atoms with E-state index in [1.807, 2.05) is 36.4 Å². The van der Waals surface area contributed by atoms with Gasteiger partial charge in [0.15, 0.2) is 0 Å². The van der Waals surface area contributed by atoms with Crippen LogP contribution < -0.4 is 15.0 Å². The summed E-state index contributed by atoms with van der Waals surface area (Å²) in [6.45, 7) is 4.91. The zero-order chi connectivity index (χ0) is 20.6. The summed E-state index contributed by atoms with van der Waals surface area (Å²) in [6, 6.07) is 16.4. The molecule has 1 amide bonds. The zero-order valence-electron chi connectivity index (χ0n) is 17.6. The lowest BCUT2D eigenvalue weighted by Gasteiger charge is -2.22. The number of nitrogens with zero attached hydrogens (tertiary/aromatic N) is 2. The van der Waals surface area contributed by atoms with E-state index in [-0.39, 0.29) is 5.91 Å². The molecule has 0 aromatic heterocycles. The van der Waals surface area contributed by atoms with Crippen molar-refractivity contribution in [3.63, 3.8) is 0 Å². The molecule has 1 aliphatic rings. The molecule has 2 aromatic rings. The second kappa shape index (κ2) is 10.1. The normalized spacial score (nSPS) is 16.6. The molecule has 2 aromatic carbocycles. The number of benzene rings is 2. The van der Waals surface area contributed by atoms with Crippen LogP contribution in [0.1, 0.15) is 25.3 Å². The van der Waals surface area contributed by atoms with E-state index in [1.54, 1.807) is 12.2 Å². The Labute approximate surface area is 174 Å². The largest absolute Gasteiger partial charge is 0.494 e. The van der Waals surface area contributed by atoms with E-state index < -0.39 is 0 Å². The third-order valence-electron chi connectivity index (χ3n) is 5.17. The van der Waals surface area contributed by atoms with Gasteiger partial charge in [-0.15, -0.1) is 0 Å². The predicted octanol–water partition coefficient (Wildman–Crippen LogP) is 4.27. The summed E-state index contributed by atoms with van der Waals surface area (Å²) < 4.78 is 5.57. The van der Waals surface area contributed by atoms with E-state index in [0.29, 0.717) is 12.6 Å². The lowest BCUT2D eigenvalue weighted by Crippen LogP contribution is -2.31. The topological polar surface area (TPSA) is 44.8 Å². The summed E-state index contributed by atoms with van der Waals surface area (Å²) in [5, 5.41) is 2.92. The smallest absolute Gasteiger partial charge is 0.248 e. The van der Waals surface area contributed by atoms with E-state index in [0.717, 1.165) is 36.5 Å². The van der Waals surface area contributed by atoms with Gasteiger partial charge >= 0.3 is 0 Å². The molecule has 0 spiro atoms. The first kappa shape index (κ1) is 20.9. The quantitative estimate of drug-likeness (QED) is 0.681. The molecule has 1 fully saturated rings. The van der Waals surface area contributed by atoms with Gasteiger partial charge in [0.2, 0.25) is 5.91 Å². The SMILES string of the molecule is CCCOc1ccc(C=CC(=O)Nc2ccc(N3CCC(N(C)C)C3)cc2)cc1. The average Bonchev–Trinajstić information content (AvgIpc) is 3.23. The Balaban J connectivity index is 1.51. The molecule has 29 heavy (non-hydrogen) atoms. The van der Waals surface area contributed by atoms with Crippen molar-refractivity contribution in [1.82, 2.24) is 4.90 Å². The van der Waals surface area contributed by atoms with Crippen LogP contribution in [-0.4, -0.2) is 50.6 Å². The molecule has 1 aliphatic heterocycles. The fourth-order valence-electron chi connectivity index (χ4n) is 3.40. The van der Waals surface area contributed by atoms with Crippen molar-refractivity contribution >= 4 is 23.4 Å². The molecule has 3 rings (SSSR count). The van der Waals surface area contributed by atoms with Crippen LogP contribution in [0.25, 0.3) is 6.08 Å². The van der Waals surface area contributed by atoms with Crippen LogP contribution in [0.15, 0.2) is 54.6 Å². The number of carbonyl (C=O) groups is 1. The monoisotopic (exact) mass is 393 g/mol. The molecule has 0 aliphatic carbocycles. The number of amides is 1. The Morgan fingerprint density at radius 1 is 1.17 bits per heavy atom. The Bertz CT molecular complexity index is 813. The molecule has 154 valence electrons. The first-order valence-corrected chi connectivity index (χ1v) is 10.3. The van der Waals surface area contributed by atoms with Gasteiger partial charge in [0.1, 0.15) is 5.75 Å². The Morgan fingerprint density at radius 3 is 2.52 bits per heavy atom. The summed E-state index contributed by atoms with van der Waals surface area (Å²) in [5.74, 6) is 0.710. The van der Waals surface area contributed by atoms with Gasteiger partial charge in [-0.05, 0) is 75.0 Å². The van der Waals surface area contributed by atoms with E-state index in [4.69, 9.17) is 4.74 Å². The minimum absolute atomic E-state index is 0.141. The Hall–Kier alpha value is -2.79. The van der Waals surface area contributed by atoms with Gasteiger partial charge in [-0.1, -0.05) is 19.1 Å². The second-order valence-electron chi connectivity index (χ2n) is 7.64.